The summed E-state index contributed by atoms with van der Waals surface area (Å²) in [6.45, 7) is 3.29. The fourth-order valence-corrected chi connectivity index (χ4v) is 4.74. The van der Waals surface area contributed by atoms with Crippen molar-refractivity contribution in [2.45, 2.75) is 31.7 Å². The van der Waals surface area contributed by atoms with E-state index in [1.165, 1.54) is 11.8 Å². The lowest BCUT2D eigenvalue weighted by Crippen LogP contribution is -2.36. The number of aromatic hydroxyl groups is 1. The van der Waals surface area contributed by atoms with E-state index in [1.807, 2.05) is 6.08 Å². The summed E-state index contributed by atoms with van der Waals surface area (Å²) in [5, 5.41) is 12.8. The zero-order chi connectivity index (χ0) is 21.1. The van der Waals surface area contributed by atoms with Gasteiger partial charge in [0.05, 0.1) is 11.4 Å². The van der Waals surface area contributed by atoms with Crippen LogP contribution in [-0.4, -0.2) is 62.1 Å². The molecule has 0 radical (unpaired) electrons. The molecule has 2 aromatic heterocycles. The van der Waals surface area contributed by atoms with Crippen LogP contribution in [0, 0.1) is 6.92 Å². The number of Topliss-reactive ketones (excluding diaryl/α,β-unsaturated/α-hetero) is 1. The number of carbonyl (C=O) groups excluding carboxylic acids is 2. The molecule has 0 amide bonds. The molecule has 9 nitrogen and oxygen atoms in total. The highest BCUT2D eigenvalue weighted by Crippen LogP contribution is 2.30. The van der Waals surface area contributed by atoms with Gasteiger partial charge in [0, 0.05) is 42.1 Å². The normalized spacial score (nSPS) is 23.0. The minimum atomic E-state index is -0.598. The van der Waals surface area contributed by atoms with Gasteiger partial charge in [-0.25, -0.2) is 15.0 Å². The number of aryl methyl sites for hydroxylation is 1. The second kappa shape index (κ2) is 8.88. The van der Waals surface area contributed by atoms with Crippen LogP contribution in [0.5, 0.6) is 5.88 Å². The summed E-state index contributed by atoms with van der Waals surface area (Å²) in [5.74, 6) is 1.39. The van der Waals surface area contributed by atoms with Gasteiger partial charge < -0.3 is 10.0 Å². The summed E-state index contributed by atoms with van der Waals surface area (Å²) in [4.78, 5) is 43.1. The van der Waals surface area contributed by atoms with Crippen LogP contribution in [0.3, 0.4) is 0 Å². The van der Waals surface area contributed by atoms with Gasteiger partial charge in [-0.3, -0.25) is 14.9 Å². The van der Waals surface area contributed by atoms with Crippen molar-refractivity contribution in [3.63, 3.8) is 0 Å². The highest BCUT2D eigenvalue weighted by Gasteiger charge is 2.28. The number of aldehydes is 1. The number of rotatable bonds is 5. The van der Waals surface area contributed by atoms with Crippen molar-refractivity contribution in [2.24, 2.45) is 0 Å². The van der Waals surface area contributed by atoms with E-state index in [2.05, 4.69) is 30.2 Å². The van der Waals surface area contributed by atoms with Gasteiger partial charge in [-0.2, -0.15) is 4.98 Å². The van der Waals surface area contributed by atoms with Crippen molar-refractivity contribution in [3.05, 3.63) is 40.4 Å². The molecule has 2 N–H and O–H groups in total. The topological polar surface area (TPSA) is 121 Å². The Morgan fingerprint density at radius 2 is 2.23 bits per heavy atom. The highest BCUT2D eigenvalue weighted by atomic mass is 32.2. The predicted octanol–water partition coefficient (Wildman–Crippen LogP) is 1.44. The van der Waals surface area contributed by atoms with Gasteiger partial charge in [0.2, 0.25) is 17.6 Å². The van der Waals surface area contributed by atoms with Crippen LogP contribution >= 0.6 is 11.8 Å². The van der Waals surface area contributed by atoms with Gasteiger partial charge in [-0.05, 0) is 31.9 Å². The van der Waals surface area contributed by atoms with E-state index < -0.39 is 11.8 Å². The standard InChI is InChI=1S/C20H22N6O3S/c1-12-23-15(8-18(29)24-12)13-3-2-6-26(9-13)20-21-5-4-14(25-20)7-17-19(16(28)10-27)22-11-30-17/h4-5,7-8,10,13,19,22H,2-3,6,9,11H2,1H3,(H,23,24,29)/b17-7-. The molecule has 2 saturated heterocycles. The van der Waals surface area contributed by atoms with Crippen LogP contribution in [0.4, 0.5) is 5.95 Å². The number of hydrogen-bond donors (Lipinski definition) is 2. The molecule has 0 aromatic carbocycles. The van der Waals surface area contributed by atoms with Crippen LogP contribution in [0.2, 0.25) is 0 Å². The Labute approximate surface area is 178 Å². The van der Waals surface area contributed by atoms with Gasteiger partial charge in [0.15, 0.2) is 6.29 Å². The molecule has 2 unspecified atom stereocenters. The smallest absolute Gasteiger partial charge is 0.225 e. The summed E-state index contributed by atoms with van der Waals surface area (Å²) < 4.78 is 0. The van der Waals surface area contributed by atoms with Crippen LogP contribution < -0.4 is 10.2 Å². The van der Waals surface area contributed by atoms with E-state index in [0.29, 0.717) is 36.2 Å². The van der Waals surface area contributed by atoms with Crippen molar-refractivity contribution in [2.75, 3.05) is 23.9 Å². The number of nitrogens with one attached hydrogen (secondary N) is 1. The lowest BCUT2D eigenvalue weighted by molar-refractivity contribution is -0.130. The number of piperidine rings is 1. The van der Waals surface area contributed by atoms with Crippen LogP contribution in [0.1, 0.15) is 36.0 Å². The third-order valence-electron chi connectivity index (χ3n) is 5.13. The molecule has 2 fully saturated rings. The molecular formula is C20H22N6O3S. The molecule has 0 spiro atoms. The second-order valence-electron chi connectivity index (χ2n) is 7.26. The number of aromatic nitrogens is 4. The van der Waals surface area contributed by atoms with Gasteiger partial charge in [-0.15, -0.1) is 11.8 Å². The third kappa shape index (κ3) is 4.49. The lowest BCUT2D eigenvalue weighted by atomic mass is 9.94. The molecule has 0 saturated carbocycles. The van der Waals surface area contributed by atoms with Crippen molar-refractivity contribution < 1.29 is 14.7 Å². The molecule has 2 aliphatic rings. The maximum atomic E-state index is 11.8. The molecule has 4 heterocycles. The predicted molar refractivity (Wildman–Crippen MR) is 113 cm³/mol. The maximum absolute atomic E-state index is 11.8. The van der Waals surface area contributed by atoms with E-state index >= 15 is 0 Å². The molecule has 156 valence electrons. The summed E-state index contributed by atoms with van der Waals surface area (Å²) in [6.07, 6.45) is 5.80. The van der Waals surface area contributed by atoms with E-state index in [4.69, 9.17) is 0 Å². The third-order valence-corrected chi connectivity index (χ3v) is 6.13. The SMILES string of the molecule is Cc1nc(O)cc(C2CCCN(c3nccc(/C=C4\SCNC4C(=O)C=O)n3)C2)n1. The average molecular weight is 427 g/mol. The Morgan fingerprint density at radius 3 is 3.03 bits per heavy atom. The first-order chi connectivity index (χ1) is 14.5. The van der Waals surface area contributed by atoms with E-state index in [-0.39, 0.29) is 11.8 Å². The van der Waals surface area contributed by atoms with Gasteiger partial charge in [-0.1, -0.05) is 0 Å². The molecule has 4 rings (SSSR count). The van der Waals surface area contributed by atoms with Gasteiger partial charge >= 0.3 is 0 Å². The maximum Gasteiger partial charge on any atom is 0.225 e. The molecule has 0 aliphatic carbocycles. The van der Waals surface area contributed by atoms with Crippen LogP contribution in [0.15, 0.2) is 23.2 Å². The fourth-order valence-electron chi connectivity index (χ4n) is 3.75. The quantitative estimate of drug-likeness (QED) is 0.536. The van der Waals surface area contributed by atoms with Crippen molar-refractivity contribution >= 4 is 35.9 Å². The van der Waals surface area contributed by atoms with E-state index in [0.717, 1.165) is 30.0 Å². The molecular weight excluding hydrogens is 404 g/mol. The zero-order valence-electron chi connectivity index (χ0n) is 16.5. The largest absolute Gasteiger partial charge is 0.493 e. The number of nitrogens with zero attached hydrogens (tertiary/aromatic N) is 5. The molecule has 30 heavy (non-hydrogen) atoms. The fraction of sp³-hybridized carbons (Fsp3) is 0.400. The summed E-state index contributed by atoms with van der Waals surface area (Å²) in [5.41, 5.74) is 1.51. The van der Waals surface area contributed by atoms with Crippen molar-refractivity contribution in [1.29, 1.82) is 0 Å². The van der Waals surface area contributed by atoms with Gasteiger partial charge in [0.1, 0.15) is 11.9 Å². The molecule has 2 atom stereocenters. The Balaban J connectivity index is 1.54. The number of anilines is 1. The molecule has 10 heteroatoms. The Morgan fingerprint density at radius 1 is 1.37 bits per heavy atom. The number of thioether (sulfide) groups is 1. The average Bonchev–Trinajstić information content (AvgIpc) is 3.21. The number of carbonyl (C=O) groups is 2. The van der Waals surface area contributed by atoms with Crippen LogP contribution in [-0.2, 0) is 9.59 Å². The van der Waals surface area contributed by atoms with E-state index in [9.17, 15) is 14.7 Å². The highest BCUT2D eigenvalue weighted by molar-refractivity contribution is 8.03. The Bertz CT molecular complexity index is 978. The minimum absolute atomic E-state index is 0.0124. The Kier molecular flexibility index (Phi) is 6.05. The summed E-state index contributed by atoms with van der Waals surface area (Å²) in [6, 6.07) is 2.81. The number of hydrogen-bond acceptors (Lipinski definition) is 10. The Hall–Kier alpha value is -2.85. The first kappa shape index (κ1) is 20.4. The molecule has 2 aliphatic heterocycles. The first-order valence-corrected chi connectivity index (χ1v) is 10.7. The lowest BCUT2D eigenvalue weighted by Gasteiger charge is -2.32. The van der Waals surface area contributed by atoms with Crippen LogP contribution in [0.25, 0.3) is 6.08 Å². The zero-order valence-corrected chi connectivity index (χ0v) is 17.3. The van der Waals surface area contributed by atoms with Crippen molar-refractivity contribution in [3.8, 4) is 5.88 Å². The summed E-state index contributed by atoms with van der Waals surface area (Å²) >= 11 is 1.49. The van der Waals surface area contributed by atoms with E-state index in [1.54, 1.807) is 25.3 Å². The summed E-state index contributed by atoms with van der Waals surface area (Å²) in [7, 11) is 0. The molecule has 2 aromatic rings. The van der Waals surface area contributed by atoms with Gasteiger partial charge in [0.25, 0.3) is 0 Å². The number of ketones is 1. The second-order valence-corrected chi connectivity index (χ2v) is 8.31. The molecule has 0 bridgehead atoms. The monoisotopic (exact) mass is 426 g/mol. The minimum Gasteiger partial charge on any atom is -0.493 e. The first-order valence-electron chi connectivity index (χ1n) is 9.73. The van der Waals surface area contributed by atoms with Crippen molar-refractivity contribution in [1.82, 2.24) is 25.3 Å².